The van der Waals surface area contributed by atoms with Crippen LogP contribution in [0.5, 0.6) is 0 Å². The van der Waals surface area contributed by atoms with E-state index in [-0.39, 0.29) is 18.5 Å². The normalized spacial score (nSPS) is 18.2. The molecule has 2 fully saturated rings. The Kier molecular flexibility index (Phi) is 4.66. The highest BCUT2D eigenvalue weighted by Gasteiger charge is 2.36. The zero-order valence-electron chi connectivity index (χ0n) is 11.7. The first-order chi connectivity index (χ1) is 9.11. The Balaban J connectivity index is 1.92. The van der Waals surface area contributed by atoms with Crippen LogP contribution in [0.1, 0.15) is 45.4 Å². The van der Waals surface area contributed by atoms with Crippen LogP contribution in [0.4, 0.5) is 4.79 Å². The number of carboxylic acid groups (broad SMARTS) is 1. The number of carbonyl (C=O) groups excluding carboxylic acids is 1. The molecule has 0 aromatic carbocycles. The van der Waals surface area contributed by atoms with E-state index in [4.69, 9.17) is 5.11 Å². The van der Waals surface area contributed by atoms with Crippen molar-refractivity contribution in [2.45, 2.75) is 51.5 Å². The molecule has 0 aliphatic heterocycles. The maximum absolute atomic E-state index is 12.5. The maximum atomic E-state index is 12.5. The van der Waals surface area contributed by atoms with Crippen molar-refractivity contribution in [1.29, 1.82) is 0 Å². The highest BCUT2D eigenvalue weighted by molar-refractivity contribution is 5.76. The van der Waals surface area contributed by atoms with Gasteiger partial charge in [-0.25, -0.2) is 4.79 Å². The lowest BCUT2D eigenvalue weighted by molar-refractivity contribution is -0.137. The SMILES string of the molecule is CCCN(CC1CC1)C(=O)N(CCC(=O)O)C1CC1. The molecule has 19 heavy (non-hydrogen) atoms. The summed E-state index contributed by atoms with van der Waals surface area (Å²) in [4.78, 5) is 27.0. The van der Waals surface area contributed by atoms with Gasteiger partial charge in [0.15, 0.2) is 0 Å². The fraction of sp³-hybridized carbons (Fsp3) is 0.857. The van der Waals surface area contributed by atoms with Crippen LogP contribution in [-0.4, -0.2) is 52.6 Å². The summed E-state index contributed by atoms with van der Waals surface area (Å²) in [6.45, 7) is 4.06. The summed E-state index contributed by atoms with van der Waals surface area (Å²) in [7, 11) is 0. The number of nitrogens with zero attached hydrogens (tertiary/aromatic N) is 2. The highest BCUT2D eigenvalue weighted by Crippen LogP contribution is 2.32. The van der Waals surface area contributed by atoms with Crippen molar-refractivity contribution < 1.29 is 14.7 Å². The Morgan fingerprint density at radius 3 is 2.32 bits per heavy atom. The third kappa shape index (κ3) is 4.40. The van der Waals surface area contributed by atoms with E-state index in [1.54, 1.807) is 4.90 Å². The maximum Gasteiger partial charge on any atom is 0.320 e. The molecule has 2 rings (SSSR count). The van der Waals surface area contributed by atoms with Gasteiger partial charge in [-0.05, 0) is 38.0 Å². The molecule has 0 aromatic rings. The molecule has 2 saturated carbocycles. The molecule has 2 aliphatic carbocycles. The van der Waals surface area contributed by atoms with Crippen LogP contribution in [0.25, 0.3) is 0 Å². The zero-order valence-corrected chi connectivity index (χ0v) is 11.7. The molecule has 5 heteroatoms. The zero-order chi connectivity index (χ0) is 13.8. The van der Waals surface area contributed by atoms with Crippen molar-refractivity contribution in [3.05, 3.63) is 0 Å². The second-order valence-corrected chi connectivity index (χ2v) is 5.74. The fourth-order valence-corrected chi connectivity index (χ4v) is 2.37. The molecular formula is C14H24N2O3. The summed E-state index contributed by atoms with van der Waals surface area (Å²) in [5, 5.41) is 8.79. The number of carbonyl (C=O) groups is 2. The van der Waals surface area contributed by atoms with Crippen LogP contribution >= 0.6 is 0 Å². The molecule has 0 atom stereocenters. The molecule has 0 unspecified atom stereocenters. The Hall–Kier alpha value is -1.26. The number of rotatable bonds is 8. The highest BCUT2D eigenvalue weighted by atomic mass is 16.4. The van der Waals surface area contributed by atoms with Gasteiger partial charge in [0.25, 0.3) is 0 Å². The van der Waals surface area contributed by atoms with Gasteiger partial charge in [-0.3, -0.25) is 4.79 Å². The topological polar surface area (TPSA) is 60.9 Å². The van der Waals surface area contributed by atoms with Gasteiger partial charge in [0.2, 0.25) is 0 Å². The molecule has 108 valence electrons. The molecule has 0 aromatic heterocycles. The van der Waals surface area contributed by atoms with Gasteiger partial charge in [-0.1, -0.05) is 6.92 Å². The molecule has 0 bridgehead atoms. The minimum absolute atomic E-state index is 0.0473. The van der Waals surface area contributed by atoms with E-state index in [1.165, 1.54) is 12.8 Å². The fourth-order valence-electron chi connectivity index (χ4n) is 2.37. The number of hydrogen-bond acceptors (Lipinski definition) is 2. The smallest absolute Gasteiger partial charge is 0.320 e. The Morgan fingerprint density at radius 1 is 1.16 bits per heavy atom. The van der Waals surface area contributed by atoms with Crippen molar-refractivity contribution in [2.24, 2.45) is 5.92 Å². The molecule has 2 aliphatic rings. The number of carboxylic acids is 1. The first-order valence-corrected chi connectivity index (χ1v) is 7.39. The quantitative estimate of drug-likeness (QED) is 0.734. The average Bonchev–Trinajstić information content (AvgIpc) is 3.22. The predicted molar refractivity (Wildman–Crippen MR) is 72.0 cm³/mol. The molecule has 1 N–H and O–H groups in total. The summed E-state index contributed by atoms with van der Waals surface area (Å²) >= 11 is 0. The van der Waals surface area contributed by atoms with Crippen LogP contribution in [0.2, 0.25) is 0 Å². The van der Waals surface area contributed by atoms with Crippen molar-refractivity contribution in [3.8, 4) is 0 Å². The van der Waals surface area contributed by atoms with Gasteiger partial charge in [0.05, 0.1) is 6.42 Å². The minimum atomic E-state index is -0.831. The minimum Gasteiger partial charge on any atom is -0.481 e. The number of hydrogen-bond donors (Lipinski definition) is 1. The lowest BCUT2D eigenvalue weighted by atomic mass is 10.3. The van der Waals surface area contributed by atoms with Crippen molar-refractivity contribution in [2.75, 3.05) is 19.6 Å². The van der Waals surface area contributed by atoms with E-state index in [2.05, 4.69) is 6.92 Å². The third-order valence-electron chi connectivity index (χ3n) is 3.74. The molecule has 5 nitrogen and oxygen atoms in total. The van der Waals surface area contributed by atoms with E-state index in [0.717, 1.165) is 32.4 Å². The van der Waals surface area contributed by atoms with Gasteiger partial charge >= 0.3 is 12.0 Å². The average molecular weight is 268 g/mol. The van der Waals surface area contributed by atoms with Crippen LogP contribution in [0, 0.1) is 5.92 Å². The third-order valence-corrected chi connectivity index (χ3v) is 3.74. The van der Waals surface area contributed by atoms with Crippen LogP contribution in [-0.2, 0) is 4.79 Å². The van der Waals surface area contributed by atoms with Crippen LogP contribution in [0.15, 0.2) is 0 Å². The van der Waals surface area contributed by atoms with Gasteiger partial charge in [0.1, 0.15) is 0 Å². The standard InChI is InChI=1S/C14H24N2O3/c1-2-8-15(10-11-3-4-11)14(19)16(12-5-6-12)9-7-13(17)18/h11-12H,2-10H2,1H3,(H,17,18). The van der Waals surface area contributed by atoms with Crippen molar-refractivity contribution >= 4 is 12.0 Å². The van der Waals surface area contributed by atoms with Crippen molar-refractivity contribution in [3.63, 3.8) is 0 Å². The number of amides is 2. The molecule has 0 spiro atoms. The Labute approximate surface area is 114 Å². The van der Waals surface area contributed by atoms with Crippen molar-refractivity contribution in [1.82, 2.24) is 9.80 Å². The molecular weight excluding hydrogens is 244 g/mol. The van der Waals surface area contributed by atoms with E-state index < -0.39 is 5.97 Å². The molecule has 0 radical (unpaired) electrons. The number of urea groups is 1. The van der Waals surface area contributed by atoms with Gasteiger partial charge < -0.3 is 14.9 Å². The monoisotopic (exact) mass is 268 g/mol. The van der Waals surface area contributed by atoms with Crippen LogP contribution < -0.4 is 0 Å². The lowest BCUT2D eigenvalue weighted by Crippen LogP contribution is -2.46. The second kappa shape index (κ2) is 6.26. The summed E-state index contributed by atoms with van der Waals surface area (Å²) < 4.78 is 0. The summed E-state index contributed by atoms with van der Waals surface area (Å²) in [5.41, 5.74) is 0. The molecule has 2 amide bonds. The summed E-state index contributed by atoms with van der Waals surface area (Å²) in [6.07, 6.45) is 5.50. The molecule has 0 heterocycles. The number of aliphatic carboxylic acids is 1. The van der Waals surface area contributed by atoms with Crippen LogP contribution in [0.3, 0.4) is 0 Å². The summed E-state index contributed by atoms with van der Waals surface area (Å²) in [5.74, 6) is -0.154. The second-order valence-electron chi connectivity index (χ2n) is 5.74. The lowest BCUT2D eigenvalue weighted by Gasteiger charge is -2.30. The van der Waals surface area contributed by atoms with E-state index in [9.17, 15) is 9.59 Å². The summed E-state index contributed by atoms with van der Waals surface area (Å²) in [6, 6.07) is 0.336. The largest absolute Gasteiger partial charge is 0.481 e. The van der Waals surface area contributed by atoms with Gasteiger partial charge in [0, 0.05) is 25.7 Å². The van der Waals surface area contributed by atoms with E-state index in [0.29, 0.717) is 12.5 Å². The Morgan fingerprint density at radius 2 is 1.84 bits per heavy atom. The first-order valence-electron chi connectivity index (χ1n) is 7.39. The molecule has 0 saturated heterocycles. The van der Waals surface area contributed by atoms with E-state index in [1.807, 2.05) is 4.90 Å². The first kappa shape index (κ1) is 14.2. The van der Waals surface area contributed by atoms with Gasteiger partial charge in [-0.15, -0.1) is 0 Å². The van der Waals surface area contributed by atoms with E-state index >= 15 is 0 Å². The van der Waals surface area contributed by atoms with Gasteiger partial charge in [-0.2, -0.15) is 0 Å². The predicted octanol–water partition coefficient (Wildman–Crippen LogP) is 2.17. The Bertz CT molecular complexity index is 338.